The van der Waals surface area contributed by atoms with E-state index in [1.807, 2.05) is 12.1 Å². The van der Waals surface area contributed by atoms with Crippen molar-refractivity contribution >= 4 is 0 Å². The van der Waals surface area contributed by atoms with Crippen LogP contribution >= 0.6 is 0 Å². The van der Waals surface area contributed by atoms with Crippen molar-refractivity contribution in [3.8, 4) is 5.75 Å². The van der Waals surface area contributed by atoms with Gasteiger partial charge in [-0.05, 0) is 51.9 Å². The van der Waals surface area contributed by atoms with Gasteiger partial charge in [-0.2, -0.15) is 0 Å². The number of benzene rings is 1. The summed E-state index contributed by atoms with van der Waals surface area (Å²) in [6.07, 6.45) is 2.43. The summed E-state index contributed by atoms with van der Waals surface area (Å²) in [4.78, 5) is 2.45. The Morgan fingerprint density at radius 3 is 2.29 bits per heavy atom. The van der Waals surface area contributed by atoms with Crippen molar-refractivity contribution in [2.45, 2.75) is 58.7 Å². The van der Waals surface area contributed by atoms with E-state index in [9.17, 15) is 0 Å². The number of rotatable bonds is 8. The average molecular weight is 292 g/mol. The smallest absolute Gasteiger partial charge is 0.118 e. The maximum absolute atomic E-state index is 5.21. The topological polar surface area (TPSA) is 24.5 Å². The molecule has 0 saturated heterocycles. The normalized spacial score (nSPS) is 13.5. The van der Waals surface area contributed by atoms with E-state index in [1.54, 1.807) is 7.11 Å². The largest absolute Gasteiger partial charge is 0.497 e. The van der Waals surface area contributed by atoms with E-state index >= 15 is 0 Å². The van der Waals surface area contributed by atoms with Crippen molar-refractivity contribution in [2.75, 3.05) is 20.7 Å². The molecule has 1 atom stereocenters. The minimum Gasteiger partial charge on any atom is -0.497 e. The first kappa shape index (κ1) is 18.0. The highest BCUT2D eigenvalue weighted by atomic mass is 16.5. The fourth-order valence-corrected chi connectivity index (χ4v) is 2.38. The molecule has 0 aromatic heterocycles. The molecule has 0 fully saturated rings. The van der Waals surface area contributed by atoms with Crippen LogP contribution in [0.3, 0.4) is 0 Å². The van der Waals surface area contributed by atoms with E-state index in [-0.39, 0.29) is 5.54 Å². The SMILES string of the molecule is CCCC(CNC(C)(C)C)N(C)Cc1ccc(OC)cc1. The number of hydrogen-bond acceptors (Lipinski definition) is 3. The van der Waals surface area contributed by atoms with Crippen LogP contribution in [0, 0.1) is 0 Å². The van der Waals surface area contributed by atoms with Gasteiger partial charge in [0.25, 0.3) is 0 Å². The lowest BCUT2D eigenvalue weighted by molar-refractivity contribution is 0.202. The Hall–Kier alpha value is -1.06. The molecule has 1 aromatic carbocycles. The lowest BCUT2D eigenvalue weighted by atomic mass is 10.1. The first-order chi connectivity index (χ1) is 9.85. The zero-order valence-electron chi connectivity index (χ0n) is 14.6. The van der Waals surface area contributed by atoms with Crippen LogP contribution in [0.25, 0.3) is 0 Å². The Morgan fingerprint density at radius 1 is 1.19 bits per heavy atom. The van der Waals surface area contributed by atoms with Crippen LogP contribution in [-0.4, -0.2) is 37.2 Å². The monoisotopic (exact) mass is 292 g/mol. The van der Waals surface area contributed by atoms with E-state index in [1.165, 1.54) is 18.4 Å². The van der Waals surface area contributed by atoms with Crippen LogP contribution < -0.4 is 10.1 Å². The second kappa shape index (κ2) is 8.40. The fourth-order valence-electron chi connectivity index (χ4n) is 2.38. The van der Waals surface area contributed by atoms with Gasteiger partial charge in [0, 0.05) is 24.7 Å². The lowest BCUT2D eigenvalue weighted by Crippen LogP contribution is -2.46. The molecule has 0 amide bonds. The predicted octanol–water partition coefficient (Wildman–Crippen LogP) is 3.68. The first-order valence-electron chi connectivity index (χ1n) is 7.94. The number of likely N-dealkylation sites (N-methyl/N-ethyl adjacent to an activating group) is 1. The predicted molar refractivity (Wildman–Crippen MR) is 90.9 cm³/mol. The Morgan fingerprint density at radius 2 is 1.81 bits per heavy atom. The number of nitrogens with one attached hydrogen (secondary N) is 1. The molecule has 21 heavy (non-hydrogen) atoms. The van der Waals surface area contributed by atoms with Gasteiger partial charge in [0.2, 0.25) is 0 Å². The molecule has 0 bridgehead atoms. The summed E-state index contributed by atoms with van der Waals surface area (Å²) in [6.45, 7) is 10.9. The molecule has 0 heterocycles. The summed E-state index contributed by atoms with van der Waals surface area (Å²) in [7, 11) is 3.92. The van der Waals surface area contributed by atoms with Crippen LogP contribution in [-0.2, 0) is 6.54 Å². The second-order valence-electron chi connectivity index (χ2n) is 6.84. The Labute approximate surface area is 130 Å². The quantitative estimate of drug-likeness (QED) is 0.791. The van der Waals surface area contributed by atoms with Crippen LogP contribution in [0.4, 0.5) is 0 Å². The molecule has 0 saturated carbocycles. The summed E-state index contributed by atoms with van der Waals surface area (Å²) in [5.41, 5.74) is 1.50. The highest BCUT2D eigenvalue weighted by Crippen LogP contribution is 2.15. The summed E-state index contributed by atoms with van der Waals surface area (Å²) in [6, 6.07) is 8.93. The van der Waals surface area contributed by atoms with Crippen molar-refractivity contribution in [3.05, 3.63) is 29.8 Å². The summed E-state index contributed by atoms with van der Waals surface area (Å²) in [5, 5.41) is 3.63. The van der Waals surface area contributed by atoms with Crippen LogP contribution in [0.1, 0.15) is 46.1 Å². The Kier molecular flexibility index (Phi) is 7.20. The van der Waals surface area contributed by atoms with Gasteiger partial charge in [-0.15, -0.1) is 0 Å². The van der Waals surface area contributed by atoms with Crippen LogP contribution in [0.15, 0.2) is 24.3 Å². The van der Waals surface area contributed by atoms with Gasteiger partial charge in [0.15, 0.2) is 0 Å². The minimum absolute atomic E-state index is 0.174. The molecule has 3 heteroatoms. The molecule has 3 nitrogen and oxygen atoms in total. The van der Waals surface area contributed by atoms with Crippen LogP contribution in [0.5, 0.6) is 5.75 Å². The van der Waals surface area contributed by atoms with Crippen molar-refractivity contribution in [2.24, 2.45) is 0 Å². The molecular weight excluding hydrogens is 260 g/mol. The van der Waals surface area contributed by atoms with Gasteiger partial charge < -0.3 is 10.1 Å². The lowest BCUT2D eigenvalue weighted by Gasteiger charge is -2.31. The molecule has 1 aromatic rings. The van der Waals surface area contributed by atoms with Crippen molar-refractivity contribution in [3.63, 3.8) is 0 Å². The molecule has 1 N–H and O–H groups in total. The fraction of sp³-hybridized carbons (Fsp3) is 0.667. The maximum atomic E-state index is 5.21. The molecule has 1 unspecified atom stereocenters. The van der Waals surface area contributed by atoms with Gasteiger partial charge in [-0.1, -0.05) is 25.5 Å². The van der Waals surface area contributed by atoms with E-state index in [0.717, 1.165) is 18.8 Å². The molecule has 1 rings (SSSR count). The van der Waals surface area contributed by atoms with E-state index < -0.39 is 0 Å². The van der Waals surface area contributed by atoms with Crippen LogP contribution in [0.2, 0.25) is 0 Å². The molecular formula is C18H32N2O. The van der Waals surface area contributed by atoms with Crippen molar-refractivity contribution in [1.29, 1.82) is 0 Å². The zero-order valence-corrected chi connectivity index (χ0v) is 14.6. The van der Waals surface area contributed by atoms with Crippen molar-refractivity contribution < 1.29 is 4.74 Å². The highest BCUT2D eigenvalue weighted by Gasteiger charge is 2.17. The molecule has 0 aliphatic carbocycles. The molecule has 0 aliphatic rings. The van der Waals surface area contributed by atoms with Gasteiger partial charge in [-0.3, -0.25) is 4.90 Å². The Bertz CT molecular complexity index is 395. The molecule has 120 valence electrons. The molecule has 0 spiro atoms. The Balaban J connectivity index is 2.60. The van der Waals surface area contributed by atoms with Crippen molar-refractivity contribution in [1.82, 2.24) is 10.2 Å². The number of hydrogen-bond donors (Lipinski definition) is 1. The molecule has 0 radical (unpaired) electrons. The van der Waals surface area contributed by atoms with E-state index in [0.29, 0.717) is 6.04 Å². The summed E-state index contributed by atoms with van der Waals surface area (Å²) < 4.78 is 5.21. The summed E-state index contributed by atoms with van der Waals surface area (Å²) in [5.74, 6) is 0.918. The standard InChI is InChI=1S/C18H32N2O/c1-7-8-16(13-19-18(2,3)4)20(5)14-15-9-11-17(21-6)12-10-15/h9-12,16,19H,7-8,13-14H2,1-6H3. The van der Waals surface area contributed by atoms with Gasteiger partial charge >= 0.3 is 0 Å². The van der Waals surface area contributed by atoms with Gasteiger partial charge in [0.1, 0.15) is 5.75 Å². The van der Waals surface area contributed by atoms with Gasteiger partial charge in [-0.25, -0.2) is 0 Å². The van der Waals surface area contributed by atoms with Gasteiger partial charge in [0.05, 0.1) is 7.11 Å². The number of ether oxygens (including phenoxy) is 1. The van der Waals surface area contributed by atoms with E-state index in [4.69, 9.17) is 4.74 Å². The third-order valence-corrected chi connectivity index (χ3v) is 3.70. The minimum atomic E-state index is 0.174. The average Bonchev–Trinajstić information content (AvgIpc) is 2.43. The number of methoxy groups -OCH3 is 1. The first-order valence-corrected chi connectivity index (χ1v) is 7.94. The zero-order chi connectivity index (χ0) is 15.9. The molecule has 0 aliphatic heterocycles. The maximum Gasteiger partial charge on any atom is 0.118 e. The third-order valence-electron chi connectivity index (χ3n) is 3.70. The second-order valence-corrected chi connectivity index (χ2v) is 6.84. The highest BCUT2D eigenvalue weighted by molar-refractivity contribution is 5.27. The number of nitrogens with zero attached hydrogens (tertiary/aromatic N) is 1. The summed E-state index contributed by atoms with van der Waals surface area (Å²) >= 11 is 0. The van der Waals surface area contributed by atoms with E-state index in [2.05, 4.69) is 57.1 Å². The third kappa shape index (κ3) is 6.96.